The number of carbonyl (C=O) groups is 2. The molecule has 1 N–H and O–H groups in total. The van der Waals surface area contributed by atoms with E-state index in [0.717, 1.165) is 61.4 Å². The number of rotatable bonds is 5. The van der Waals surface area contributed by atoms with E-state index >= 15 is 0 Å². The number of aryl methyl sites for hydroxylation is 2. The molecule has 29 heavy (non-hydrogen) atoms. The summed E-state index contributed by atoms with van der Waals surface area (Å²) in [6.07, 6.45) is 7.31. The molecule has 3 aliphatic rings. The van der Waals surface area contributed by atoms with Crippen LogP contribution >= 0.6 is 0 Å². The zero-order valence-electron chi connectivity index (χ0n) is 17.6. The van der Waals surface area contributed by atoms with Crippen molar-refractivity contribution in [2.24, 2.45) is 0 Å². The predicted octanol–water partition coefficient (Wildman–Crippen LogP) is 2.19. The molecule has 3 heterocycles. The first kappa shape index (κ1) is 20.3. The maximum atomic E-state index is 12.6. The van der Waals surface area contributed by atoms with E-state index in [2.05, 4.69) is 5.32 Å². The van der Waals surface area contributed by atoms with Crippen molar-refractivity contribution in [2.75, 3.05) is 19.7 Å². The van der Waals surface area contributed by atoms with Crippen LogP contribution < -0.4 is 5.32 Å². The monoisotopic (exact) mass is 400 g/mol. The van der Waals surface area contributed by atoms with Crippen LogP contribution in [0.2, 0.25) is 0 Å². The quantitative estimate of drug-likeness (QED) is 0.819. The molecule has 2 atom stereocenters. The van der Waals surface area contributed by atoms with Gasteiger partial charge in [-0.25, -0.2) is 9.97 Å². The molecule has 2 saturated heterocycles. The number of nitrogens with one attached hydrogen (secondary N) is 1. The van der Waals surface area contributed by atoms with E-state index in [1.165, 1.54) is 12.8 Å². The van der Waals surface area contributed by atoms with Crippen molar-refractivity contribution < 1.29 is 14.3 Å². The van der Waals surface area contributed by atoms with Gasteiger partial charge in [-0.2, -0.15) is 0 Å². The molecule has 2 aliphatic heterocycles. The van der Waals surface area contributed by atoms with Crippen molar-refractivity contribution in [1.29, 1.82) is 0 Å². The maximum absolute atomic E-state index is 12.6. The molecule has 0 unspecified atom stereocenters. The molecule has 4 rings (SSSR count). The molecule has 3 fully saturated rings. The second kappa shape index (κ2) is 8.78. The van der Waals surface area contributed by atoms with Crippen molar-refractivity contribution in [3.8, 4) is 0 Å². The first-order chi connectivity index (χ1) is 14.0. The third-order valence-corrected chi connectivity index (χ3v) is 6.57. The van der Waals surface area contributed by atoms with Crippen LogP contribution in [0.15, 0.2) is 0 Å². The highest BCUT2D eigenvalue weighted by Crippen LogP contribution is 2.28. The summed E-state index contributed by atoms with van der Waals surface area (Å²) in [7, 11) is 0. The molecular weight excluding hydrogens is 368 g/mol. The zero-order chi connectivity index (χ0) is 20.4. The summed E-state index contributed by atoms with van der Waals surface area (Å²) in [5, 5.41) is 3.15. The first-order valence-electron chi connectivity index (χ1n) is 11.0. The minimum Gasteiger partial charge on any atom is -0.368 e. The number of carbonyl (C=O) groups excluding carboxylic acids is 2. The molecule has 7 heteroatoms. The van der Waals surface area contributed by atoms with E-state index in [9.17, 15) is 9.59 Å². The SMILES string of the molecule is Cc1nc([C@H]2CCN(C(=O)[C@H]3CCCO3)C2)nc(C)c1CC(=O)NC1CCCC1. The zero-order valence-corrected chi connectivity index (χ0v) is 17.6. The Hall–Kier alpha value is -2.02. The number of hydrogen-bond donors (Lipinski definition) is 1. The van der Waals surface area contributed by atoms with Crippen LogP contribution in [-0.2, 0) is 20.7 Å². The largest absolute Gasteiger partial charge is 0.368 e. The summed E-state index contributed by atoms with van der Waals surface area (Å²) in [4.78, 5) is 36.4. The summed E-state index contributed by atoms with van der Waals surface area (Å²) >= 11 is 0. The lowest BCUT2D eigenvalue weighted by atomic mass is 10.0. The number of nitrogens with zero attached hydrogens (tertiary/aromatic N) is 3. The lowest BCUT2D eigenvalue weighted by Gasteiger charge is -2.20. The fraction of sp³-hybridized carbons (Fsp3) is 0.727. The average molecular weight is 401 g/mol. The highest BCUT2D eigenvalue weighted by molar-refractivity contribution is 5.81. The van der Waals surface area contributed by atoms with E-state index < -0.39 is 0 Å². The van der Waals surface area contributed by atoms with Crippen molar-refractivity contribution >= 4 is 11.8 Å². The third kappa shape index (κ3) is 4.60. The fourth-order valence-corrected chi connectivity index (χ4v) is 4.86. The molecule has 0 bridgehead atoms. The lowest BCUT2D eigenvalue weighted by Crippen LogP contribution is -2.37. The summed E-state index contributed by atoms with van der Waals surface area (Å²) < 4.78 is 5.55. The fourth-order valence-electron chi connectivity index (χ4n) is 4.86. The van der Waals surface area contributed by atoms with Crippen molar-refractivity contribution in [1.82, 2.24) is 20.2 Å². The Morgan fingerprint density at radius 1 is 1.07 bits per heavy atom. The van der Waals surface area contributed by atoms with Crippen molar-refractivity contribution in [2.45, 2.75) is 83.3 Å². The highest BCUT2D eigenvalue weighted by Gasteiger charge is 2.35. The Morgan fingerprint density at radius 2 is 1.79 bits per heavy atom. The summed E-state index contributed by atoms with van der Waals surface area (Å²) in [5.74, 6) is 1.12. The number of ether oxygens (including phenoxy) is 1. The summed E-state index contributed by atoms with van der Waals surface area (Å²) in [6, 6.07) is 0.328. The van der Waals surface area contributed by atoms with Gasteiger partial charge in [0.15, 0.2) is 0 Å². The molecule has 2 amide bonds. The van der Waals surface area contributed by atoms with E-state index in [1.54, 1.807) is 0 Å². The van der Waals surface area contributed by atoms with E-state index in [-0.39, 0.29) is 23.8 Å². The van der Waals surface area contributed by atoms with Crippen molar-refractivity contribution in [3.05, 3.63) is 22.8 Å². The molecule has 1 aromatic rings. The van der Waals surface area contributed by atoms with E-state index in [0.29, 0.717) is 25.6 Å². The third-order valence-electron chi connectivity index (χ3n) is 6.57. The van der Waals surface area contributed by atoms with E-state index in [1.807, 2.05) is 18.7 Å². The van der Waals surface area contributed by atoms with Crippen LogP contribution in [0.3, 0.4) is 0 Å². The van der Waals surface area contributed by atoms with Gasteiger partial charge in [0, 0.05) is 48.6 Å². The Bertz CT molecular complexity index is 746. The average Bonchev–Trinajstić information content (AvgIpc) is 3.46. The first-order valence-corrected chi connectivity index (χ1v) is 11.0. The molecular formula is C22H32N4O3. The molecule has 1 aliphatic carbocycles. The number of hydrogen-bond acceptors (Lipinski definition) is 5. The van der Waals surface area contributed by atoms with Gasteiger partial charge in [0.2, 0.25) is 5.91 Å². The van der Waals surface area contributed by atoms with Crippen LogP contribution in [0.25, 0.3) is 0 Å². The molecule has 0 aromatic carbocycles. The Morgan fingerprint density at radius 3 is 2.45 bits per heavy atom. The van der Waals surface area contributed by atoms with Gasteiger partial charge in [-0.15, -0.1) is 0 Å². The van der Waals surface area contributed by atoms with Crippen LogP contribution in [-0.4, -0.2) is 58.5 Å². The van der Waals surface area contributed by atoms with Gasteiger partial charge in [-0.3, -0.25) is 9.59 Å². The maximum Gasteiger partial charge on any atom is 0.251 e. The molecule has 1 saturated carbocycles. The van der Waals surface area contributed by atoms with Gasteiger partial charge in [-0.1, -0.05) is 12.8 Å². The standard InChI is InChI=1S/C22H32N4O3/c1-14-18(12-20(27)25-17-6-3-4-7-17)15(2)24-21(23-14)16-9-10-26(13-16)22(28)19-8-5-11-29-19/h16-17,19H,3-13H2,1-2H3,(H,25,27)/t16-,19+/m0/s1. The van der Waals surface area contributed by atoms with Gasteiger partial charge in [-0.05, 0) is 46.0 Å². The Labute approximate surface area is 172 Å². The van der Waals surface area contributed by atoms with Gasteiger partial charge in [0.1, 0.15) is 11.9 Å². The second-order valence-corrected chi connectivity index (χ2v) is 8.73. The minimum atomic E-state index is -0.265. The molecule has 7 nitrogen and oxygen atoms in total. The number of aromatic nitrogens is 2. The van der Waals surface area contributed by atoms with Gasteiger partial charge in [0.05, 0.1) is 6.42 Å². The van der Waals surface area contributed by atoms with Crippen molar-refractivity contribution in [3.63, 3.8) is 0 Å². The molecule has 158 valence electrons. The second-order valence-electron chi connectivity index (χ2n) is 8.73. The lowest BCUT2D eigenvalue weighted by molar-refractivity contribution is -0.139. The minimum absolute atomic E-state index is 0.0636. The Kier molecular flexibility index (Phi) is 6.13. The van der Waals surface area contributed by atoms with Crippen LogP contribution in [0.1, 0.15) is 73.6 Å². The van der Waals surface area contributed by atoms with Gasteiger partial charge >= 0.3 is 0 Å². The van der Waals surface area contributed by atoms with Crippen LogP contribution in [0, 0.1) is 13.8 Å². The number of likely N-dealkylation sites (tertiary alicyclic amines) is 1. The Balaban J connectivity index is 1.39. The number of amides is 2. The molecule has 0 spiro atoms. The normalized spacial score (nSPS) is 25.0. The predicted molar refractivity (Wildman–Crippen MR) is 109 cm³/mol. The van der Waals surface area contributed by atoms with Gasteiger partial charge < -0.3 is 15.0 Å². The molecule has 0 radical (unpaired) electrons. The van der Waals surface area contributed by atoms with Crippen LogP contribution in [0.4, 0.5) is 0 Å². The summed E-state index contributed by atoms with van der Waals surface area (Å²) in [6.45, 7) is 5.99. The van der Waals surface area contributed by atoms with E-state index in [4.69, 9.17) is 14.7 Å². The van der Waals surface area contributed by atoms with Gasteiger partial charge in [0.25, 0.3) is 5.91 Å². The summed E-state index contributed by atoms with van der Waals surface area (Å²) in [5.41, 5.74) is 2.67. The topological polar surface area (TPSA) is 84.4 Å². The highest BCUT2D eigenvalue weighted by atomic mass is 16.5. The molecule has 1 aromatic heterocycles. The van der Waals surface area contributed by atoms with Crippen LogP contribution in [0.5, 0.6) is 0 Å². The smallest absolute Gasteiger partial charge is 0.251 e.